The highest BCUT2D eigenvalue weighted by Crippen LogP contribution is 2.39. The zero-order valence-electron chi connectivity index (χ0n) is 13.3. The van der Waals surface area contributed by atoms with Gasteiger partial charge in [-0.2, -0.15) is 0 Å². The second kappa shape index (κ2) is 8.19. The fraction of sp³-hybridized carbons (Fsp3) is 1.00. The summed E-state index contributed by atoms with van der Waals surface area (Å²) in [4.78, 5) is 0. The minimum atomic E-state index is 0.777. The van der Waals surface area contributed by atoms with Crippen LogP contribution in [0.4, 0.5) is 0 Å². The summed E-state index contributed by atoms with van der Waals surface area (Å²) in [7, 11) is 0. The van der Waals surface area contributed by atoms with E-state index < -0.39 is 0 Å². The zero-order chi connectivity index (χ0) is 13.5. The molecule has 1 heteroatoms. The Labute approximate surface area is 115 Å². The van der Waals surface area contributed by atoms with Crippen molar-refractivity contribution >= 4 is 0 Å². The van der Waals surface area contributed by atoms with E-state index in [1.165, 1.54) is 45.2 Å². The van der Waals surface area contributed by atoms with Gasteiger partial charge < -0.3 is 5.32 Å². The highest BCUT2D eigenvalue weighted by Gasteiger charge is 2.31. The molecule has 0 saturated heterocycles. The minimum Gasteiger partial charge on any atom is -0.316 e. The molecule has 0 amide bonds. The van der Waals surface area contributed by atoms with Gasteiger partial charge in [0.15, 0.2) is 0 Å². The molecule has 0 aromatic heterocycles. The summed E-state index contributed by atoms with van der Waals surface area (Å²) >= 11 is 0. The van der Waals surface area contributed by atoms with E-state index in [2.05, 4.69) is 39.9 Å². The van der Waals surface area contributed by atoms with Crippen LogP contribution in [0.15, 0.2) is 0 Å². The molecule has 1 saturated carbocycles. The van der Waals surface area contributed by atoms with Crippen molar-refractivity contribution in [2.45, 2.75) is 66.7 Å². The Morgan fingerprint density at radius 2 is 1.89 bits per heavy atom. The van der Waals surface area contributed by atoms with Gasteiger partial charge in [0.1, 0.15) is 0 Å². The molecule has 0 aliphatic heterocycles. The summed E-state index contributed by atoms with van der Waals surface area (Å²) in [5.74, 6) is 4.55. The van der Waals surface area contributed by atoms with Crippen molar-refractivity contribution in [1.29, 1.82) is 0 Å². The van der Waals surface area contributed by atoms with Crippen LogP contribution in [0.25, 0.3) is 0 Å². The Bertz CT molecular complexity index is 212. The first kappa shape index (κ1) is 16.0. The highest BCUT2D eigenvalue weighted by atomic mass is 14.9. The van der Waals surface area contributed by atoms with Crippen LogP contribution in [0.2, 0.25) is 0 Å². The van der Waals surface area contributed by atoms with Crippen molar-refractivity contribution in [3.63, 3.8) is 0 Å². The Kier molecular flexibility index (Phi) is 7.29. The Morgan fingerprint density at radius 3 is 2.50 bits per heavy atom. The van der Waals surface area contributed by atoms with Gasteiger partial charge >= 0.3 is 0 Å². The van der Waals surface area contributed by atoms with Crippen LogP contribution in [0.5, 0.6) is 0 Å². The van der Waals surface area contributed by atoms with Crippen molar-refractivity contribution < 1.29 is 0 Å². The number of nitrogens with one attached hydrogen (secondary N) is 1. The summed E-state index contributed by atoms with van der Waals surface area (Å²) in [6.07, 6.45) is 7.12. The summed E-state index contributed by atoms with van der Waals surface area (Å²) in [5.41, 5.74) is 0. The summed E-state index contributed by atoms with van der Waals surface area (Å²) in [6.45, 7) is 14.3. The third-order valence-electron chi connectivity index (χ3n) is 4.74. The Hall–Kier alpha value is -0.0400. The maximum atomic E-state index is 3.70. The van der Waals surface area contributed by atoms with Gasteiger partial charge in [-0.3, -0.25) is 0 Å². The molecule has 1 N–H and O–H groups in total. The topological polar surface area (TPSA) is 12.0 Å². The van der Waals surface area contributed by atoms with Crippen molar-refractivity contribution in [2.24, 2.45) is 29.6 Å². The molecule has 1 fully saturated rings. The third-order valence-corrected chi connectivity index (χ3v) is 4.74. The highest BCUT2D eigenvalue weighted by molar-refractivity contribution is 4.83. The van der Waals surface area contributed by atoms with Gasteiger partial charge in [-0.1, -0.05) is 53.9 Å². The molecule has 0 aromatic rings. The average Bonchev–Trinajstić information content (AvgIpc) is 2.31. The molecule has 1 rings (SSSR count). The molecule has 18 heavy (non-hydrogen) atoms. The van der Waals surface area contributed by atoms with E-state index in [1.807, 2.05) is 0 Å². The van der Waals surface area contributed by atoms with Crippen LogP contribution >= 0.6 is 0 Å². The van der Waals surface area contributed by atoms with E-state index in [0.717, 1.165) is 29.6 Å². The summed E-state index contributed by atoms with van der Waals surface area (Å²) < 4.78 is 0. The molecule has 0 heterocycles. The SMILES string of the molecule is CCCC(C)C1CC(C)CCC1CNCC(C)C. The summed E-state index contributed by atoms with van der Waals surface area (Å²) in [5, 5.41) is 3.70. The molecule has 0 spiro atoms. The molecule has 0 aromatic carbocycles. The first-order valence-electron chi connectivity index (χ1n) is 8.25. The van der Waals surface area contributed by atoms with Crippen LogP contribution in [-0.4, -0.2) is 13.1 Å². The average molecular weight is 253 g/mol. The first-order chi connectivity index (χ1) is 8.54. The van der Waals surface area contributed by atoms with Crippen molar-refractivity contribution in [3.8, 4) is 0 Å². The van der Waals surface area contributed by atoms with E-state index in [0.29, 0.717) is 0 Å². The second-order valence-corrected chi connectivity index (χ2v) is 7.16. The summed E-state index contributed by atoms with van der Waals surface area (Å²) in [6, 6.07) is 0. The molecule has 0 radical (unpaired) electrons. The molecule has 4 unspecified atom stereocenters. The van der Waals surface area contributed by atoms with Crippen LogP contribution in [0.3, 0.4) is 0 Å². The van der Waals surface area contributed by atoms with Crippen molar-refractivity contribution in [1.82, 2.24) is 5.32 Å². The van der Waals surface area contributed by atoms with E-state index in [4.69, 9.17) is 0 Å². The van der Waals surface area contributed by atoms with Crippen LogP contribution < -0.4 is 5.32 Å². The van der Waals surface area contributed by atoms with Gasteiger partial charge in [0.25, 0.3) is 0 Å². The molecular formula is C17H35N. The fourth-order valence-corrected chi connectivity index (χ4v) is 3.66. The second-order valence-electron chi connectivity index (χ2n) is 7.16. The van der Waals surface area contributed by atoms with E-state index in [-0.39, 0.29) is 0 Å². The Balaban J connectivity index is 2.45. The van der Waals surface area contributed by atoms with Gasteiger partial charge in [-0.25, -0.2) is 0 Å². The fourth-order valence-electron chi connectivity index (χ4n) is 3.66. The molecule has 108 valence electrons. The van der Waals surface area contributed by atoms with Crippen LogP contribution in [0.1, 0.15) is 66.7 Å². The largest absolute Gasteiger partial charge is 0.316 e. The minimum absolute atomic E-state index is 0.777. The lowest BCUT2D eigenvalue weighted by Crippen LogP contribution is -2.36. The van der Waals surface area contributed by atoms with E-state index in [1.54, 1.807) is 0 Å². The van der Waals surface area contributed by atoms with Gasteiger partial charge in [-0.15, -0.1) is 0 Å². The lowest BCUT2D eigenvalue weighted by Gasteiger charge is -2.39. The van der Waals surface area contributed by atoms with Gasteiger partial charge in [0, 0.05) is 0 Å². The van der Waals surface area contributed by atoms with Crippen LogP contribution in [-0.2, 0) is 0 Å². The monoisotopic (exact) mass is 253 g/mol. The smallest absolute Gasteiger partial charge is 0.00177 e. The third kappa shape index (κ3) is 5.30. The predicted octanol–water partition coefficient (Wildman–Crippen LogP) is 4.72. The lowest BCUT2D eigenvalue weighted by atomic mass is 9.68. The van der Waals surface area contributed by atoms with Crippen molar-refractivity contribution in [3.05, 3.63) is 0 Å². The van der Waals surface area contributed by atoms with E-state index in [9.17, 15) is 0 Å². The number of hydrogen-bond donors (Lipinski definition) is 1. The maximum absolute atomic E-state index is 3.70. The maximum Gasteiger partial charge on any atom is -0.00177 e. The Morgan fingerprint density at radius 1 is 1.17 bits per heavy atom. The standard InChI is InChI=1S/C17H35N/c1-6-7-15(5)17-10-14(4)8-9-16(17)12-18-11-13(2)3/h13-18H,6-12H2,1-5H3. The lowest BCUT2D eigenvalue weighted by molar-refractivity contribution is 0.126. The van der Waals surface area contributed by atoms with Crippen molar-refractivity contribution in [2.75, 3.05) is 13.1 Å². The van der Waals surface area contributed by atoms with Gasteiger partial charge in [0.2, 0.25) is 0 Å². The number of hydrogen-bond acceptors (Lipinski definition) is 1. The molecule has 1 aliphatic rings. The molecule has 1 nitrogen and oxygen atoms in total. The van der Waals surface area contributed by atoms with Gasteiger partial charge in [-0.05, 0) is 55.5 Å². The quantitative estimate of drug-likeness (QED) is 0.692. The molecule has 4 atom stereocenters. The zero-order valence-corrected chi connectivity index (χ0v) is 13.3. The first-order valence-corrected chi connectivity index (χ1v) is 8.25. The molecule has 0 bridgehead atoms. The van der Waals surface area contributed by atoms with E-state index >= 15 is 0 Å². The predicted molar refractivity (Wildman–Crippen MR) is 81.8 cm³/mol. The molecular weight excluding hydrogens is 218 g/mol. The van der Waals surface area contributed by atoms with Crippen LogP contribution in [0, 0.1) is 29.6 Å². The molecule has 1 aliphatic carbocycles. The van der Waals surface area contributed by atoms with Gasteiger partial charge in [0.05, 0.1) is 0 Å². The normalized spacial score (nSPS) is 30.7. The number of rotatable bonds is 7.